The molecule has 7 heteroatoms. The average molecular weight is 441 g/mol. The van der Waals surface area contributed by atoms with Gasteiger partial charge in [0, 0.05) is 10.6 Å². The number of carbonyl (C=O) groups is 1. The molecule has 4 rings (SSSR count). The number of alkyl halides is 3. The van der Waals surface area contributed by atoms with Gasteiger partial charge in [0.05, 0.1) is 22.6 Å². The van der Waals surface area contributed by atoms with E-state index in [0.717, 1.165) is 6.07 Å². The molecule has 1 amide bonds. The van der Waals surface area contributed by atoms with E-state index in [1.807, 2.05) is 0 Å². The van der Waals surface area contributed by atoms with Gasteiger partial charge in [-0.15, -0.1) is 0 Å². The molecule has 3 aromatic carbocycles. The number of aromatic nitrogens is 1. The first-order valence-electron chi connectivity index (χ1n) is 9.30. The molecule has 0 atom stereocenters. The lowest BCUT2D eigenvalue weighted by Crippen LogP contribution is -2.12. The number of carbonyl (C=O) groups excluding carboxylic acids is 1. The zero-order valence-electron chi connectivity index (χ0n) is 16.0. The van der Waals surface area contributed by atoms with Crippen molar-refractivity contribution in [2.45, 2.75) is 6.18 Å². The van der Waals surface area contributed by atoms with Crippen molar-refractivity contribution in [2.24, 2.45) is 5.73 Å². The highest BCUT2D eigenvalue weighted by Crippen LogP contribution is 2.39. The molecule has 0 bridgehead atoms. The van der Waals surface area contributed by atoms with E-state index in [-0.39, 0.29) is 5.69 Å². The first kappa shape index (κ1) is 20.8. The molecule has 156 valence electrons. The van der Waals surface area contributed by atoms with Gasteiger partial charge in [0.2, 0.25) is 5.91 Å². The van der Waals surface area contributed by atoms with Crippen LogP contribution in [0.15, 0.2) is 84.9 Å². The number of amides is 1. The monoisotopic (exact) mass is 440 g/mol. The summed E-state index contributed by atoms with van der Waals surface area (Å²) in [5.41, 5.74) is 7.33. The summed E-state index contributed by atoms with van der Waals surface area (Å²) in [5.74, 6) is -0.578. The number of nitrogens with two attached hydrogens (primary N) is 1. The lowest BCUT2D eigenvalue weighted by molar-refractivity contribution is -0.137. The molecule has 31 heavy (non-hydrogen) atoms. The lowest BCUT2D eigenvalue weighted by atomic mass is 10.1. The molecule has 0 spiro atoms. The predicted octanol–water partition coefficient (Wildman–Crippen LogP) is 6.58. The number of primary amides is 1. The number of rotatable bonds is 4. The second kappa shape index (κ2) is 7.96. The average Bonchev–Trinajstić information content (AvgIpc) is 3.18. The summed E-state index contributed by atoms with van der Waals surface area (Å²) in [7, 11) is 0. The van der Waals surface area contributed by atoms with Crippen molar-refractivity contribution in [3.05, 3.63) is 101 Å². The van der Waals surface area contributed by atoms with Crippen LogP contribution in [0.5, 0.6) is 0 Å². The van der Waals surface area contributed by atoms with Gasteiger partial charge in [-0.2, -0.15) is 13.2 Å². The van der Waals surface area contributed by atoms with Crippen LogP contribution >= 0.6 is 11.6 Å². The molecule has 0 saturated carbocycles. The molecule has 0 radical (unpaired) electrons. The van der Waals surface area contributed by atoms with Crippen LogP contribution < -0.4 is 5.73 Å². The highest BCUT2D eigenvalue weighted by atomic mass is 35.5. The Labute approximate surface area is 181 Å². The molecule has 0 unspecified atom stereocenters. The van der Waals surface area contributed by atoms with Gasteiger partial charge in [-0.25, -0.2) is 0 Å². The molecule has 0 aliphatic rings. The van der Waals surface area contributed by atoms with Gasteiger partial charge in [0.1, 0.15) is 0 Å². The number of halogens is 4. The van der Waals surface area contributed by atoms with Crippen LogP contribution in [-0.2, 0) is 6.18 Å². The topological polar surface area (TPSA) is 48.0 Å². The molecule has 1 aromatic heterocycles. The fourth-order valence-electron chi connectivity index (χ4n) is 3.48. The third-order valence-corrected chi connectivity index (χ3v) is 5.19. The van der Waals surface area contributed by atoms with Gasteiger partial charge in [0.25, 0.3) is 0 Å². The van der Waals surface area contributed by atoms with E-state index in [1.165, 1.54) is 12.1 Å². The van der Waals surface area contributed by atoms with Gasteiger partial charge in [0.15, 0.2) is 0 Å². The van der Waals surface area contributed by atoms with Crippen LogP contribution in [0.1, 0.15) is 15.9 Å². The zero-order valence-corrected chi connectivity index (χ0v) is 16.8. The van der Waals surface area contributed by atoms with Gasteiger partial charge < -0.3 is 10.3 Å². The molecule has 0 fully saturated rings. The van der Waals surface area contributed by atoms with E-state index < -0.39 is 17.6 Å². The number of para-hydroxylation sites is 1. The summed E-state index contributed by atoms with van der Waals surface area (Å²) in [6.45, 7) is 0. The van der Waals surface area contributed by atoms with Crippen molar-refractivity contribution in [1.29, 1.82) is 0 Å². The summed E-state index contributed by atoms with van der Waals surface area (Å²) in [6, 6.07) is 22.2. The minimum atomic E-state index is -4.54. The molecular formula is C24H16ClF3N2O. The predicted molar refractivity (Wildman–Crippen MR) is 115 cm³/mol. The van der Waals surface area contributed by atoms with Gasteiger partial charge in [-0.05, 0) is 59.7 Å². The van der Waals surface area contributed by atoms with Crippen LogP contribution in [-0.4, -0.2) is 10.5 Å². The Bertz CT molecular complexity index is 1240. The first-order chi connectivity index (χ1) is 14.8. The Balaban J connectivity index is 1.98. The van der Waals surface area contributed by atoms with Gasteiger partial charge >= 0.3 is 6.18 Å². The Hall–Kier alpha value is -3.51. The van der Waals surface area contributed by atoms with Crippen molar-refractivity contribution in [3.8, 4) is 28.2 Å². The molecule has 4 aromatic rings. The third-order valence-electron chi connectivity index (χ3n) is 4.94. The lowest BCUT2D eigenvalue weighted by Gasteiger charge is -2.19. The third kappa shape index (κ3) is 4.07. The smallest absolute Gasteiger partial charge is 0.366 e. The fraction of sp³-hybridized carbons (Fsp3) is 0.0417. The summed E-state index contributed by atoms with van der Waals surface area (Å²) >= 11 is 5.99. The van der Waals surface area contributed by atoms with Crippen molar-refractivity contribution < 1.29 is 18.0 Å². The van der Waals surface area contributed by atoms with Crippen LogP contribution in [0.4, 0.5) is 13.2 Å². The normalized spacial score (nSPS) is 11.5. The molecule has 2 N–H and O–H groups in total. The van der Waals surface area contributed by atoms with E-state index in [1.54, 1.807) is 71.3 Å². The number of hydrogen-bond acceptors (Lipinski definition) is 1. The van der Waals surface area contributed by atoms with Crippen molar-refractivity contribution in [3.63, 3.8) is 0 Å². The SMILES string of the molecule is NC(=O)c1ccc(-c2ccc(-c3ccc(Cl)cc3)n2-c2ccccc2C(F)(F)F)cc1. The zero-order chi connectivity index (χ0) is 22.2. The van der Waals surface area contributed by atoms with Crippen molar-refractivity contribution in [1.82, 2.24) is 4.57 Å². The quantitative estimate of drug-likeness (QED) is 0.382. The Morgan fingerprint density at radius 2 is 1.29 bits per heavy atom. The van der Waals surface area contributed by atoms with Crippen LogP contribution in [0, 0.1) is 0 Å². The van der Waals surface area contributed by atoms with Crippen LogP contribution in [0.3, 0.4) is 0 Å². The first-order valence-corrected chi connectivity index (χ1v) is 9.68. The number of hydrogen-bond donors (Lipinski definition) is 1. The van der Waals surface area contributed by atoms with Crippen LogP contribution in [0.25, 0.3) is 28.2 Å². The highest BCUT2D eigenvalue weighted by molar-refractivity contribution is 6.30. The van der Waals surface area contributed by atoms with Crippen molar-refractivity contribution in [2.75, 3.05) is 0 Å². The maximum Gasteiger partial charge on any atom is 0.418 e. The Kier molecular flexibility index (Phi) is 5.33. The molecule has 0 saturated heterocycles. The summed E-state index contributed by atoms with van der Waals surface area (Å²) < 4.78 is 43.0. The summed E-state index contributed by atoms with van der Waals surface area (Å²) in [4.78, 5) is 11.4. The van der Waals surface area contributed by atoms with E-state index in [9.17, 15) is 18.0 Å². The highest BCUT2D eigenvalue weighted by Gasteiger charge is 2.34. The number of nitrogens with zero attached hydrogens (tertiary/aromatic N) is 1. The Morgan fingerprint density at radius 1 is 0.774 bits per heavy atom. The van der Waals surface area contributed by atoms with Crippen LogP contribution in [0.2, 0.25) is 5.02 Å². The number of benzene rings is 3. The molecular weight excluding hydrogens is 425 g/mol. The standard InChI is InChI=1S/C24H16ClF3N2O/c25-18-11-9-16(10-12-18)21-14-13-20(15-5-7-17(8-6-15)23(29)31)30(21)22-4-2-1-3-19(22)24(26,27)28/h1-14H,(H2,29,31). The maximum atomic E-state index is 13.8. The maximum absolute atomic E-state index is 13.8. The molecule has 0 aliphatic carbocycles. The Morgan fingerprint density at radius 3 is 1.81 bits per heavy atom. The summed E-state index contributed by atoms with van der Waals surface area (Å²) in [6.07, 6.45) is -4.54. The van der Waals surface area contributed by atoms with Gasteiger partial charge in [-0.3, -0.25) is 4.79 Å². The van der Waals surface area contributed by atoms with E-state index in [0.29, 0.717) is 33.1 Å². The summed E-state index contributed by atoms with van der Waals surface area (Å²) in [5, 5.41) is 0.528. The minimum absolute atomic E-state index is 0.000993. The second-order valence-corrected chi connectivity index (χ2v) is 7.34. The van der Waals surface area contributed by atoms with E-state index in [4.69, 9.17) is 17.3 Å². The molecule has 1 heterocycles. The molecule has 0 aliphatic heterocycles. The van der Waals surface area contributed by atoms with E-state index >= 15 is 0 Å². The van der Waals surface area contributed by atoms with Crippen molar-refractivity contribution >= 4 is 17.5 Å². The largest absolute Gasteiger partial charge is 0.418 e. The molecule has 3 nitrogen and oxygen atoms in total. The minimum Gasteiger partial charge on any atom is -0.366 e. The fourth-order valence-corrected chi connectivity index (χ4v) is 3.61. The second-order valence-electron chi connectivity index (χ2n) is 6.90. The van der Waals surface area contributed by atoms with E-state index in [2.05, 4.69) is 0 Å². The van der Waals surface area contributed by atoms with Gasteiger partial charge in [-0.1, -0.05) is 48.0 Å².